The van der Waals surface area contributed by atoms with E-state index in [4.69, 9.17) is 28.3 Å². The van der Waals surface area contributed by atoms with Crippen LogP contribution in [-0.2, 0) is 10.2 Å². The first-order valence-corrected chi connectivity index (χ1v) is 11.7. The maximum absolute atomic E-state index is 12.9. The second-order valence-electron chi connectivity index (χ2n) is 9.03. The molecular weight excluding hydrogens is 473 g/mol. The second kappa shape index (κ2) is 10.5. The molecule has 34 heavy (non-hydrogen) atoms. The van der Waals surface area contributed by atoms with Gasteiger partial charge < -0.3 is 15.5 Å². The molecule has 7 nitrogen and oxygen atoms in total. The first-order valence-electron chi connectivity index (χ1n) is 11.0. The van der Waals surface area contributed by atoms with Crippen molar-refractivity contribution in [3.05, 3.63) is 69.8 Å². The summed E-state index contributed by atoms with van der Waals surface area (Å²) in [5, 5.41) is 11.2. The van der Waals surface area contributed by atoms with E-state index in [1.165, 1.54) is 4.90 Å². The van der Waals surface area contributed by atoms with E-state index in [9.17, 15) is 9.59 Å². The summed E-state index contributed by atoms with van der Waals surface area (Å²) in [4.78, 5) is 27.1. The molecular formula is C25H29Cl2N5O2. The number of urea groups is 1. The number of hydrogen-bond acceptors (Lipinski definition) is 3. The van der Waals surface area contributed by atoms with Crippen molar-refractivity contribution in [3.8, 4) is 5.69 Å². The van der Waals surface area contributed by atoms with E-state index in [0.717, 1.165) is 16.9 Å². The molecule has 0 bridgehead atoms. The van der Waals surface area contributed by atoms with Gasteiger partial charge in [0.2, 0.25) is 5.91 Å². The Balaban J connectivity index is 1.78. The van der Waals surface area contributed by atoms with Crippen molar-refractivity contribution in [2.24, 2.45) is 0 Å². The Labute approximate surface area is 210 Å². The van der Waals surface area contributed by atoms with Gasteiger partial charge in [0.05, 0.1) is 22.1 Å². The Morgan fingerprint density at radius 2 is 1.79 bits per heavy atom. The predicted molar refractivity (Wildman–Crippen MR) is 138 cm³/mol. The standard InChI is InChI=1S/C25H29Cl2N5O2/c1-6-31(24(34)28-20-11-10-17(26)13-19(20)27)15-23(33)29-22-14-21(25(3,4)5)30-32(22)18-9-7-8-16(2)12-18/h7-14H,6,15H2,1-5H3,(H,28,34)(H,29,33). The molecule has 9 heteroatoms. The van der Waals surface area contributed by atoms with Crippen LogP contribution in [0.15, 0.2) is 48.5 Å². The molecule has 2 aromatic carbocycles. The zero-order chi connectivity index (χ0) is 25.0. The van der Waals surface area contributed by atoms with E-state index in [0.29, 0.717) is 28.1 Å². The van der Waals surface area contributed by atoms with Crippen LogP contribution in [0.5, 0.6) is 0 Å². The smallest absolute Gasteiger partial charge is 0.315 e. The number of amides is 3. The van der Waals surface area contributed by atoms with Crippen LogP contribution in [0.1, 0.15) is 39.0 Å². The van der Waals surface area contributed by atoms with Crippen LogP contribution in [0.2, 0.25) is 10.0 Å². The molecule has 0 aliphatic rings. The average Bonchev–Trinajstić information content (AvgIpc) is 3.18. The maximum Gasteiger partial charge on any atom is 0.322 e. The van der Waals surface area contributed by atoms with E-state index in [2.05, 4.69) is 31.4 Å². The molecule has 1 aromatic heterocycles. The van der Waals surface area contributed by atoms with Crippen molar-refractivity contribution >= 4 is 46.6 Å². The topological polar surface area (TPSA) is 79.3 Å². The van der Waals surface area contributed by atoms with Crippen molar-refractivity contribution in [2.75, 3.05) is 23.7 Å². The Morgan fingerprint density at radius 3 is 2.41 bits per heavy atom. The summed E-state index contributed by atoms with van der Waals surface area (Å²) >= 11 is 12.1. The fourth-order valence-corrected chi connectivity index (χ4v) is 3.72. The van der Waals surface area contributed by atoms with E-state index in [1.807, 2.05) is 37.3 Å². The number of benzene rings is 2. The monoisotopic (exact) mass is 501 g/mol. The lowest BCUT2D eigenvalue weighted by molar-refractivity contribution is -0.116. The summed E-state index contributed by atoms with van der Waals surface area (Å²) in [6.45, 7) is 10.2. The third-order valence-electron chi connectivity index (χ3n) is 5.17. The van der Waals surface area contributed by atoms with Gasteiger partial charge in [-0.3, -0.25) is 4.79 Å². The number of aryl methyl sites for hydroxylation is 1. The fraction of sp³-hybridized carbons (Fsp3) is 0.320. The van der Waals surface area contributed by atoms with Gasteiger partial charge in [-0.15, -0.1) is 0 Å². The van der Waals surface area contributed by atoms with Gasteiger partial charge in [-0.05, 0) is 49.7 Å². The number of carbonyl (C=O) groups excluding carboxylic acids is 2. The van der Waals surface area contributed by atoms with Crippen LogP contribution < -0.4 is 10.6 Å². The zero-order valence-corrected chi connectivity index (χ0v) is 21.5. The van der Waals surface area contributed by atoms with Gasteiger partial charge in [-0.1, -0.05) is 56.1 Å². The van der Waals surface area contributed by atoms with E-state index >= 15 is 0 Å². The van der Waals surface area contributed by atoms with E-state index in [-0.39, 0.29) is 17.9 Å². The van der Waals surface area contributed by atoms with Crippen LogP contribution in [0.3, 0.4) is 0 Å². The SMILES string of the molecule is CCN(CC(=O)Nc1cc(C(C)(C)C)nn1-c1cccc(C)c1)C(=O)Nc1ccc(Cl)cc1Cl. The fourth-order valence-electron chi connectivity index (χ4n) is 3.26. The summed E-state index contributed by atoms with van der Waals surface area (Å²) in [7, 11) is 0. The molecule has 0 fully saturated rings. The molecule has 3 amide bonds. The Kier molecular flexibility index (Phi) is 7.89. The van der Waals surface area contributed by atoms with Crippen molar-refractivity contribution in [3.63, 3.8) is 0 Å². The number of nitrogens with zero attached hydrogens (tertiary/aromatic N) is 3. The minimum Gasteiger partial charge on any atom is -0.315 e. The highest BCUT2D eigenvalue weighted by Gasteiger charge is 2.23. The van der Waals surface area contributed by atoms with Gasteiger partial charge in [0.25, 0.3) is 0 Å². The molecule has 180 valence electrons. The van der Waals surface area contributed by atoms with E-state index < -0.39 is 6.03 Å². The second-order valence-corrected chi connectivity index (χ2v) is 9.88. The molecule has 3 aromatic rings. The molecule has 0 atom stereocenters. The lowest BCUT2D eigenvalue weighted by Gasteiger charge is -2.21. The number of carbonyl (C=O) groups is 2. The molecule has 1 heterocycles. The molecule has 2 N–H and O–H groups in total. The molecule has 0 spiro atoms. The Hall–Kier alpha value is -3.03. The number of likely N-dealkylation sites (N-methyl/N-ethyl adjacent to an activating group) is 1. The quantitative estimate of drug-likeness (QED) is 0.417. The van der Waals surface area contributed by atoms with Crippen LogP contribution in [0.4, 0.5) is 16.3 Å². The van der Waals surface area contributed by atoms with Crippen LogP contribution in [-0.4, -0.2) is 39.7 Å². The van der Waals surface area contributed by atoms with E-state index in [1.54, 1.807) is 29.8 Å². The minimum atomic E-state index is -0.440. The van der Waals surface area contributed by atoms with Crippen molar-refractivity contribution in [1.82, 2.24) is 14.7 Å². The van der Waals surface area contributed by atoms with Crippen molar-refractivity contribution in [2.45, 2.75) is 40.0 Å². The number of aromatic nitrogens is 2. The van der Waals surface area contributed by atoms with Gasteiger partial charge in [0.15, 0.2) is 0 Å². The lowest BCUT2D eigenvalue weighted by atomic mass is 9.92. The number of halogens is 2. The number of hydrogen-bond donors (Lipinski definition) is 2. The molecule has 0 saturated carbocycles. The molecule has 0 unspecified atom stereocenters. The summed E-state index contributed by atoms with van der Waals surface area (Å²) < 4.78 is 1.72. The largest absolute Gasteiger partial charge is 0.322 e. The highest BCUT2D eigenvalue weighted by atomic mass is 35.5. The Morgan fingerprint density at radius 1 is 1.06 bits per heavy atom. The third-order valence-corrected chi connectivity index (χ3v) is 5.72. The summed E-state index contributed by atoms with van der Waals surface area (Å²) in [5.74, 6) is 0.200. The highest BCUT2D eigenvalue weighted by molar-refractivity contribution is 6.36. The van der Waals surface area contributed by atoms with Crippen LogP contribution in [0, 0.1) is 6.92 Å². The third kappa shape index (κ3) is 6.30. The first-order chi connectivity index (χ1) is 16.0. The highest BCUT2D eigenvalue weighted by Crippen LogP contribution is 2.27. The summed E-state index contributed by atoms with van der Waals surface area (Å²) in [6, 6.07) is 14.1. The minimum absolute atomic E-state index is 0.141. The van der Waals surface area contributed by atoms with Gasteiger partial charge >= 0.3 is 6.03 Å². The molecule has 0 saturated heterocycles. The van der Waals surface area contributed by atoms with Gasteiger partial charge in [0, 0.05) is 23.0 Å². The van der Waals surface area contributed by atoms with Gasteiger partial charge in [0.1, 0.15) is 12.4 Å². The normalized spacial score (nSPS) is 11.3. The molecule has 0 radical (unpaired) electrons. The molecule has 0 aliphatic carbocycles. The average molecular weight is 502 g/mol. The van der Waals surface area contributed by atoms with Gasteiger partial charge in [-0.2, -0.15) is 5.10 Å². The van der Waals surface area contributed by atoms with Crippen molar-refractivity contribution in [1.29, 1.82) is 0 Å². The lowest BCUT2D eigenvalue weighted by Crippen LogP contribution is -2.40. The number of anilines is 2. The predicted octanol–water partition coefficient (Wildman–Crippen LogP) is 6.28. The number of rotatable bonds is 6. The zero-order valence-electron chi connectivity index (χ0n) is 19.9. The van der Waals surface area contributed by atoms with Gasteiger partial charge in [-0.25, -0.2) is 9.48 Å². The summed E-state index contributed by atoms with van der Waals surface area (Å²) in [6.07, 6.45) is 0. The van der Waals surface area contributed by atoms with Crippen LogP contribution >= 0.6 is 23.2 Å². The number of nitrogens with one attached hydrogen (secondary N) is 2. The first kappa shape index (κ1) is 25.6. The van der Waals surface area contributed by atoms with Crippen LogP contribution in [0.25, 0.3) is 5.69 Å². The molecule has 0 aliphatic heterocycles. The maximum atomic E-state index is 12.9. The molecule has 3 rings (SSSR count). The summed E-state index contributed by atoms with van der Waals surface area (Å²) in [5.41, 5.74) is 2.97. The Bertz CT molecular complexity index is 1200. The van der Waals surface area contributed by atoms with Crippen molar-refractivity contribution < 1.29 is 9.59 Å².